The molecule has 7 aromatic carbocycles. The second-order valence-electron chi connectivity index (χ2n) is 12.4. The van der Waals surface area contributed by atoms with Gasteiger partial charge in [-0.15, -0.1) is 0 Å². The number of nitrogens with one attached hydrogen (secondary N) is 2. The van der Waals surface area contributed by atoms with Gasteiger partial charge in [0.15, 0.2) is 0 Å². The summed E-state index contributed by atoms with van der Waals surface area (Å²) in [6.07, 6.45) is 0. The number of anilines is 5. The van der Waals surface area contributed by atoms with Crippen molar-refractivity contribution in [2.24, 2.45) is 0 Å². The highest BCUT2D eigenvalue weighted by atomic mass is 79.9. The molecule has 0 saturated carbocycles. The molecule has 53 heavy (non-hydrogen) atoms. The molecule has 0 aliphatic carbocycles. The molecule has 4 N–H and O–H groups in total. The Labute approximate surface area is 326 Å². The molecule has 7 aromatic rings. The van der Waals surface area contributed by atoms with Gasteiger partial charge in [0.2, 0.25) is 0 Å². The largest absolute Gasteiger partial charge is 0.399 e. The first-order chi connectivity index (χ1) is 25.4. The Balaban J connectivity index is 0.000000192. The maximum absolute atomic E-state index is 13.7. The second kappa shape index (κ2) is 18.4. The Bertz CT molecular complexity index is 2120. The molecule has 0 radical (unpaired) electrons. The lowest BCUT2D eigenvalue weighted by molar-refractivity contribution is 0.619. The van der Waals surface area contributed by atoms with E-state index in [4.69, 9.17) is 5.73 Å². The van der Waals surface area contributed by atoms with Gasteiger partial charge >= 0.3 is 0 Å². The quantitative estimate of drug-likeness (QED) is 0.146. The van der Waals surface area contributed by atoms with Crippen molar-refractivity contribution in [1.82, 2.24) is 0 Å². The van der Waals surface area contributed by atoms with Crippen LogP contribution in [-0.4, -0.2) is 0 Å². The highest BCUT2D eigenvalue weighted by Gasteiger charge is 2.04. The van der Waals surface area contributed by atoms with Crippen molar-refractivity contribution >= 4 is 60.3 Å². The van der Waals surface area contributed by atoms with Crippen LogP contribution in [0.1, 0.15) is 16.7 Å². The van der Waals surface area contributed by atoms with Gasteiger partial charge in [-0.25, -0.2) is 13.2 Å². The van der Waals surface area contributed by atoms with Crippen molar-refractivity contribution in [3.8, 4) is 22.3 Å². The number of hydrogen-bond donors (Lipinski definition) is 3. The molecule has 0 saturated heterocycles. The molecule has 0 aliphatic heterocycles. The standard InChI is InChI=1S/C26H22F2N2.C12H8Br2.C7H8FN/c1-17-3-9-23(15-25(17)27)29-21-11-5-19(6-12-21)20-7-13-22(14-8-20)30-24-10-4-18(2)26(28)16-24;13-11-5-1-9(2-6-11)10-3-7-12(14)8-4-10;1-5-2-3-6(9)4-7(5)8/h3-16,29-30H,1-2H3;1-8H;2-4H,9H2,1H3. The van der Waals surface area contributed by atoms with E-state index in [9.17, 15) is 13.2 Å². The molecule has 0 heterocycles. The first kappa shape index (κ1) is 38.9. The van der Waals surface area contributed by atoms with Crippen LogP contribution in [-0.2, 0) is 0 Å². The number of hydrogen-bond acceptors (Lipinski definition) is 3. The molecule has 0 spiro atoms. The Hall–Kier alpha value is -5.31. The fourth-order valence-electron chi connectivity index (χ4n) is 5.06. The fraction of sp³-hybridized carbons (Fsp3) is 0.0667. The molecule has 268 valence electrons. The minimum Gasteiger partial charge on any atom is -0.399 e. The predicted molar refractivity (Wildman–Crippen MR) is 224 cm³/mol. The average Bonchev–Trinajstić information content (AvgIpc) is 3.15. The summed E-state index contributed by atoms with van der Waals surface area (Å²) in [6, 6.07) is 47.4. The van der Waals surface area contributed by atoms with Gasteiger partial charge in [-0.1, -0.05) is 98.6 Å². The summed E-state index contributed by atoms with van der Waals surface area (Å²) in [5.74, 6) is -0.688. The Morgan fingerprint density at radius 2 is 0.660 bits per heavy atom. The Morgan fingerprint density at radius 3 is 0.962 bits per heavy atom. The Morgan fingerprint density at radius 1 is 0.377 bits per heavy atom. The molecule has 0 unspecified atom stereocenters. The topological polar surface area (TPSA) is 50.1 Å². The van der Waals surface area contributed by atoms with Crippen molar-refractivity contribution in [2.45, 2.75) is 20.8 Å². The zero-order chi connectivity index (χ0) is 37.9. The SMILES string of the molecule is Brc1ccc(-c2ccc(Br)cc2)cc1.Cc1ccc(N)cc1F.Cc1ccc(Nc2ccc(-c3ccc(Nc4ccc(C)c(F)c4)cc3)cc2)cc1F. The highest BCUT2D eigenvalue weighted by Crippen LogP contribution is 2.27. The van der Waals surface area contributed by atoms with Gasteiger partial charge in [0, 0.05) is 37.4 Å². The van der Waals surface area contributed by atoms with Gasteiger partial charge in [-0.05, 0) is 145 Å². The summed E-state index contributed by atoms with van der Waals surface area (Å²) >= 11 is 6.84. The number of benzene rings is 7. The van der Waals surface area contributed by atoms with Crippen LogP contribution in [0.3, 0.4) is 0 Å². The van der Waals surface area contributed by atoms with Crippen molar-refractivity contribution in [2.75, 3.05) is 16.4 Å². The summed E-state index contributed by atoms with van der Waals surface area (Å²) in [6.45, 7) is 5.19. The summed E-state index contributed by atoms with van der Waals surface area (Å²) < 4.78 is 42.1. The van der Waals surface area contributed by atoms with Crippen molar-refractivity contribution in [3.63, 3.8) is 0 Å². The zero-order valence-corrected chi connectivity index (χ0v) is 32.6. The minimum absolute atomic E-state index is 0.223. The molecular weight excluding hydrogens is 799 g/mol. The van der Waals surface area contributed by atoms with Gasteiger partial charge in [-0.2, -0.15) is 0 Å². The van der Waals surface area contributed by atoms with Crippen LogP contribution >= 0.6 is 31.9 Å². The number of rotatable bonds is 6. The molecule has 3 nitrogen and oxygen atoms in total. The van der Waals surface area contributed by atoms with Crippen LogP contribution in [0.5, 0.6) is 0 Å². The smallest absolute Gasteiger partial charge is 0.128 e. The molecule has 8 heteroatoms. The van der Waals surface area contributed by atoms with Gasteiger partial charge in [0.25, 0.3) is 0 Å². The third-order valence-corrected chi connectivity index (χ3v) is 9.30. The van der Waals surface area contributed by atoms with E-state index in [1.807, 2.05) is 60.7 Å². The van der Waals surface area contributed by atoms with Crippen LogP contribution in [0.2, 0.25) is 0 Å². The predicted octanol–water partition coefficient (Wildman–Crippen LogP) is 14.3. The van der Waals surface area contributed by atoms with E-state index in [1.54, 1.807) is 45.0 Å². The summed E-state index contributed by atoms with van der Waals surface area (Å²) in [4.78, 5) is 0. The number of nitrogen functional groups attached to an aromatic ring is 1. The minimum atomic E-state index is -0.241. The lowest BCUT2D eigenvalue weighted by atomic mass is 10.0. The van der Waals surface area contributed by atoms with E-state index in [0.717, 1.165) is 31.4 Å². The molecule has 0 bridgehead atoms. The fourth-order valence-corrected chi connectivity index (χ4v) is 5.59. The van der Waals surface area contributed by atoms with Gasteiger partial charge in [0.05, 0.1) is 0 Å². The van der Waals surface area contributed by atoms with Gasteiger partial charge < -0.3 is 16.4 Å². The average molecular weight is 838 g/mol. The summed E-state index contributed by atoms with van der Waals surface area (Å²) in [5.41, 5.74) is 15.5. The zero-order valence-electron chi connectivity index (χ0n) is 29.4. The first-order valence-corrected chi connectivity index (χ1v) is 18.3. The third kappa shape index (κ3) is 11.6. The maximum atomic E-state index is 13.7. The normalized spacial score (nSPS) is 10.3. The van der Waals surface area contributed by atoms with Gasteiger partial charge in [0.1, 0.15) is 17.5 Å². The van der Waals surface area contributed by atoms with Crippen LogP contribution in [0.25, 0.3) is 22.3 Å². The monoisotopic (exact) mass is 835 g/mol. The van der Waals surface area contributed by atoms with E-state index >= 15 is 0 Å². The second-order valence-corrected chi connectivity index (χ2v) is 14.2. The molecule has 0 aromatic heterocycles. The van der Waals surface area contributed by atoms with E-state index in [1.165, 1.54) is 29.3 Å². The van der Waals surface area contributed by atoms with Crippen molar-refractivity contribution in [3.05, 3.63) is 195 Å². The van der Waals surface area contributed by atoms with E-state index in [0.29, 0.717) is 33.8 Å². The molecule has 7 rings (SSSR count). The first-order valence-electron chi connectivity index (χ1n) is 16.7. The van der Waals surface area contributed by atoms with Gasteiger partial charge in [-0.3, -0.25) is 0 Å². The maximum Gasteiger partial charge on any atom is 0.128 e. The third-order valence-electron chi connectivity index (χ3n) is 8.24. The molecule has 0 aliphatic rings. The van der Waals surface area contributed by atoms with Crippen LogP contribution in [0, 0.1) is 38.2 Å². The van der Waals surface area contributed by atoms with Crippen LogP contribution < -0.4 is 16.4 Å². The number of nitrogens with two attached hydrogens (primary N) is 1. The van der Waals surface area contributed by atoms with E-state index in [2.05, 4.69) is 91.0 Å². The van der Waals surface area contributed by atoms with Crippen LogP contribution in [0.4, 0.5) is 41.6 Å². The lowest BCUT2D eigenvalue weighted by Gasteiger charge is -2.10. The van der Waals surface area contributed by atoms with E-state index in [-0.39, 0.29) is 17.5 Å². The number of aryl methyl sites for hydroxylation is 3. The van der Waals surface area contributed by atoms with Crippen LogP contribution in [0.15, 0.2) is 161 Å². The Kier molecular flexibility index (Phi) is 13.5. The van der Waals surface area contributed by atoms with Crippen molar-refractivity contribution in [1.29, 1.82) is 0 Å². The molecule has 0 fully saturated rings. The van der Waals surface area contributed by atoms with Crippen molar-refractivity contribution < 1.29 is 13.2 Å². The molecule has 0 atom stereocenters. The summed E-state index contributed by atoms with van der Waals surface area (Å²) in [7, 11) is 0. The molecular formula is C45H38Br2F3N3. The van der Waals surface area contributed by atoms with E-state index < -0.39 is 0 Å². The lowest BCUT2D eigenvalue weighted by Crippen LogP contribution is -1.93. The summed E-state index contributed by atoms with van der Waals surface area (Å²) in [5, 5.41) is 6.43. The molecule has 0 amide bonds. The highest BCUT2D eigenvalue weighted by molar-refractivity contribution is 9.10. The number of halogens is 5.